The summed E-state index contributed by atoms with van der Waals surface area (Å²) >= 11 is 0. The predicted octanol–water partition coefficient (Wildman–Crippen LogP) is 1.60. The molecule has 0 heterocycles. The lowest BCUT2D eigenvalue weighted by Crippen LogP contribution is -2.00. The fourth-order valence-corrected chi connectivity index (χ4v) is 1.15. The fourth-order valence-electron chi connectivity index (χ4n) is 1.15. The molecule has 1 N–H and O–H groups in total. The summed E-state index contributed by atoms with van der Waals surface area (Å²) in [7, 11) is 0. The van der Waals surface area contributed by atoms with Crippen LogP contribution >= 0.6 is 0 Å². The number of carbonyl (C=O) groups excluding carboxylic acids is 1. The van der Waals surface area contributed by atoms with Gasteiger partial charge in [0.25, 0.3) is 5.69 Å². The number of hydrogen-bond donors (Lipinski definition) is 1. The minimum Gasteiger partial charge on any atom is -0.508 e. The second kappa shape index (κ2) is 3.87. The Morgan fingerprint density at radius 2 is 2.21 bits per heavy atom. The van der Waals surface area contributed by atoms with Crippen LogP contribution in [0.2, 0.25) is 0 Å². The van der Waals surface area contributed by atoms with Crippen LogP contribution in [0.15, 0.2) is 18.2 Å². The van der Waals surface area contributed by atoms with Gasteiger partial charge in [-0.15, -0.1) is 0 Å². The van der Waals surface area contributed by atoms with Crippen LogP contribution in [0.3, 0.4) is 0 Å². The van der Waals surface area contributed by atoms with E-state index in [1.807, 2.05) is 0 Å². The molecule has 1 rings (SSSR count). The summed E-state index contributed by atoms with van der Waals surface area (Å²) in [5, 5.41) is 19.7. The van der Waals surface area contributed by atoms with Crippen molar-refractivity contribution in [2.24, 2.45) is 0 Å². The van der Waals surface area contributed by atoms with Crippen molar-refractivity contribution in [1.82, 2.24) is 0 Å². The fraction of sp³-hybridized carbons (Fsp3) is 0.222. The Balaban J connectivity index is 3.29. The number of nitro benzene ring substituents is 1. The van der Waals surface area contributed by atoms with Crippen LogP contribution in [0, 0.1) is 10.1 Å². The molecule has 5 heteroatoms. The molecule has 0 bridgehead atoms. The molecular weight excluding hydrogens is 186 g/mol. The van der Waals surface area contributed by atoms with Gasteiger partial charge in [0.05, 0.1) is 4.92 Å². The van der Waals surface area contributed by atoms with E-state index >= 15 is 0 Å². The van der Waals surface area contributed by atoms with Crippen LogP contribution in [0.25, 0.3) is 0 Å². The van der Waals surface area contributed by atoms with E-state index in [1.165, 1.54) is 25.1 Å². The second-order valence-corrected chi connectivity index (χ2v) is 2.92. The third-order valence-corrected chi connectivity index (χ3v) is 1.90. The first kappa shape index (κ1) is 10.2. The SMILES string of the molecule is CC(C=O)c1cc(O)ccc1[N+](=O)[O-]. The van der Waals surface area contributed by atoms with Gasteiger partial charge in [0.2, 0.25) is 0 Å². The summed E-state index contributed by atoms with van der Waals surface area (Å²) in [5.41, 5.74) is 0.0763. The van der Waals surface area contributed by atoms with E-state index in [4.69, 9.17) is 5.11 Å². The van der Waals surface area contributed by atoms with Crippen molar-refractivity contribution in [3.8, 4) is 5.75 Å². The van der Waals surface area contributed by atoms with Gasteiger partial charge in [0, 0.05) is 17.5 Å². The molecule has 0 aliphatic rings. The van der Waals surface area contributed by atoms with E-state index in [1.54, 1.807) is 0 Å². The molecule has 0 aliphatic heterocycles. The molecule has 0 aliphatic carbocycles. The Kier molecular flexibility index (Phi) is 2.81. The maximum absolute atomic E-state index is 10.6. The quantitative estimate of drug-likeness (QED) is 0.451. The normalized spacial score (nSPS) is 12.1. The van der Waals surface area contributed by atoms with E-state index in [0.717, 1.165) is 0 Å². The van der Waals surface area contributed by atoms with Gasteiger partial charge in [-0.25, -0.2) is 0 Å². The molecule has 1 aromatic carbocycles. The summed E-state index contributed by atoms with van der Waals surface area (Å²) in [6.07, 6.45) is 0.599. The summed E-state index contributed by atoms with van der Waals surface area (Å²) in [6.45, 7) is 1.54. The number of hydrogen-bond acceptors (Lipinski definition) is 4. The Labute approximate surface area is 80.1 Å². The van der Waals surface area contributed by atoms with Gasteiger partial charge in [-0.2, -0.15) is 0 Å². The van der Waals surface area contributed by atoms with Crippen molar-refractivity contribution in [3.05, 3.63) is 33.9 Å². The molecule has 1 atom stereocenters. The average molecular weight is 195 g/mol. The molecule has 0 amide bonds. The highest BCUT2D eigenvalue weighted by Crippen LogP contribution is 2.28. The highest BCUT2D eigenvalue weighted by atomic mass is 16.6. The third kappa shape index (κ3) is 1.87. The Hall–Kier alpha value is -1.91. The Morgan fingerprint density at radius 1 is 1.57 bits per heavy atom. The zero-order chi connectivity index (χ0) is 10.7. The van der Waals surface area contributed by atoms with Crippen LogP contribution < -0.4 is 0 Å². The van der Waals surface area contributed by atoms with Gasteiger partial charge in [0.1, 0.15) is 12.0 Å². The van der Waals surface area contributed by atoms with E-state index in [-0.39, 0.29) is 17.0 Å². The molecule has 1 aromatic rings. The van der Waals surface area contributed by atoms with E-state index in [0.29, 0.717) is 6.29 Å². The van der Waals surface area contributed by atoms with Gasteiger partial charge >= 0.3 is 0 Å². The molecule has 0 aromatic heterocycles. The number of carbonyl (C=O) groups is 1. The largest absolute Gasteiger partial charge is 0.508 e. The van der Waals surface area contributed by atoms with E-state index in [9.17, 15) is 14.9 Å². The summed E-state index contributed by atoms with van der Waals surface area (Å²) < 4.78 is 0. The van der Waals surface area contributed by atoms with Crippen LogP contribution in [-0.4, -0.2) is 16.3 Å². The predicted molar refractivity (Wildman–Crippen MR) is 49.2 cm³/mol. The summed E-state index contributed by atoms with van der Waals surface area (Å²) in [4.78, 5) is 20.5. The van der Waals surface area contributed by atoms with Gasteiger partial charge in [-0.3, -0.25) is 10.1 Å². The van der Waals surface area contributed by atoms with E-state index < -0.39 is 10.8 Å². The topological polar surface area (TPSA) is 80.4 Å². The Bertz CT molecular complexity index is 375. The lowest BCUT2D eigenvalue weighted by molar-refractivity contribution is -0.385. The minimum atomic E-state index is -0.595. The van der Waals surface area contributed by atoms with Crippen molar-refractivity contribution < 1.29 is 14.8 Å². The molecular formula is C9H9NO4. The van der Waals surface area contributed by atoms with E-state index in [2.05, 4.69) is 0 Å². The van der Waals surface area contributed by atoms with Gasteiger partial charge in [-0.1, -0.05) is 6.92 Å². The maximum atomic E-state index is 10.6. The number of aromatic hydroxyl groups is 1. The van der Waals surface area contributed by atoms with Crippen molar-refractivity contribution in [1.29, 1.82) is 0 Å². The molecule has 74 valence electrons. The molecule has 0 radical (unpaired) electrons. The van der Waals surface area contributed by atoms with Gasteiger partial charge in [0.15, 0.2) is 0 Å². The van der Waals surface area contributed by atoms with Crippen molar-refractivity contribution >= 4 is 12.0 Å². The lowest BCUT2D eigenvalue weighted by atomic mass is 10.0. The molecule has 14 heavy (non-hydrogen) atoms. The summed E-state index contributed by atoms with van der Waals surface area (Å²) in [6, 6.07) is 3.64. The highest BCUT2D eigenvalue weighted by Gasteiger charge is 2.18. The van der Waals surface area contributed by atoms with Crippen LogP contribution in [-0.2, 0) is 4.79 Å². The number of rotatable bonds is 3. The first-order valence-corrected chi connectivity index (χ1v) is 3.99. The monoisotopic (exact) mass is 195 g/mol. The third-order valence-electron chi connectivity index (χ3n) is 1.90. The number of phenols is 1. The second-order valence-electron chi connectivity index (χ2n) is 2.92. The zero-order valence-electron chi connectivity index (χ0n) is 7.51. The van der Waals surface area contributed by atoms with Crippen molar-refractivity contribution in [2.75, 3.05) is 0 Å². The molecule has 0 saturated carbocycles. The first-order valence-electron chi connectivity index (χ1n) is 3.99. The highest BCUT2D eigenvalue weighted by molar-refractivity contribution is 5.65. The molecule has 0 saturated heterocycles. The summed E-state index contributed by atoms with van der Waals surface area (Å²) in [5.74, 6) is -0.679. The number of phenolic OH excluding ortho intramolecular Hbond substituents is 1. The van der Waals surface area contributed by atoms with Crippen LogP contribution in [0.4, 0.5) is 5.69 Å². The molecule has 0 spiro atoms. The van der Waals surface area contributed by atoms with Crippen LogP contribution in [0.1, 0.15) is 18.4 Å². The average Bonchev–Trinajstić information content (AvgIpc) is 2.16. The number of nitrogens with zero attached hydrogens (tertiary/aromatic N) is 1. The molecule has 1 unspecified atom stereocenters. The minimum absolute atomic E-state index is 0.0840. The smallest absolute Gasteiger partial charge is 0.273 e. The van der Waals surface area contributed by atoms with Crippen molar-refractivity contribution in [3.63, 3.8) is 0 Å². The Morgan fingerprint density at radius 3 is 2.71 bits per heavy atom. The maximum Gasteiger partial charge on any atom is 0.273 e. The molecule has 5 nitrogen and oxygen atoms in total. The van der Waals surface area contributed by atoms with Gasteiger partial charge in [-0.05, 0) is 12.1 Å². The number of benzene rings is 1. The zero-order valence-corrected chi connectivity index (χ0v) is 7.51. The van der Waals surface area contributed by atoms with Gasteiger partial charge < -0.3 is 9.90 Å². The van der Waals surface area contributed by atoms with Crippen LogP contribution in [0.5, 0.6) is 5.75 Å². The lowest BCUT2D eigenvalue weighted by Gasteiger charge is -2.05. The first-order chi connectivity index (χ1) is 6.56. The molecule has 0 fully saturated rings. The number of nitro groups is 1. The van der Waals surface area contributed by atoms with Crippen molar-refractivity contribution in [2.45, 2.75) is 12.8 Å². The number of aldehydes is 1. The standard InChI is InChI=1S/C9H9NO4/c1-6(5-11)8-4-7(12)2-3-9(8)10(13)14/h2-6,12H,1H3.